The largest absolute Gasteiger partial charge is 0.378 e. The second-order valence-corrected chi connectivity index (χ2v) is 6.61. The van der Waals surface area contributed by atoms with Gasteiger partial charge < -0.3 is 4.74 Å². The average Bonchev–Trinajstić information content (AvgIpc) is 2.34. The third-order valence-corrected chi connectivity index (χ3v) is 3.92. The van der Waals surface area contributed by atoms with Crippen LogP contribution >= 0.6 is 0 Å². The van der Waals surface area contributed by atoms with E-state index < -0.39 is 5.54 Å². The molecular weight excluding hydrogens is 236 g/mol. The molecule has 1 fully saturated rings. The second kappa shape index (κ2) is 7.87. The lowest BCUT2D eigenvalue weighted by molar-refractivity contribution is 0.0123. The first-order valence-electron chi connectivity index (χ1n) is 7.76. The van der Waals surface area contributed by atoms with Crippen molar-refractivity contribution in [3.8, 4) is 6.07 Å². The van der Waals surface area contributed by atoms with E-state index in [4.69, 9.17) is 4.74 Å². The smallest absolute Gasteiger partial charge is 0.104 e. The highest BCUT2D eigenvalue weighted by atomic mass is 16.5. The summed E-state index contributed by atoms with van der Waals surface area (Å²) in [5.74, 6) is 0.811. The van der Waals surface area contributed by atoms with Crippen LogP contribution in [0.2, 0.25) is 0 Å². The quantitative estimate of drug-likeness (QED) is 0.715. The van der Waals surface area contributed by atoms with Crippen LogP contribution < -0.4 is 5.32 Å². The van der Waals surface area contributed by atoms with Gasteiger partial charge in [0.25, 0.3) is 0 Å². The second-order valence-electron chi connectivity index (χ2n) is 6.61. The molecule has 3 heteroatoms. The Bertz CT molecular complexity index is 298. The van der Waals surface area contributed by atoms with E-state index in [2.05, 4.69) is 32.2 Å². The van der Waals surface area contributed by atoms with E-state index in [1.54, 1.807) is 0 Å². The van der Waals surface area contributed by atoms with Crippen molar-refractivity contribution in [2.24, 2.45) is 5.92 Å². The highest BCUT2D eigenvalue weighted by molar-refractivity contribution is 5.04. The molecule has 0 amide bonds. The van der Waals surface area contributed by atoms with Gasteiger partial charge in [-0.05, 0) is 52.4 Å². The van der Waals surface area contributed by atoms with E-state index in [0.29, 0.717) is 12.1 Å². The first kappa shape index (κ1) is 16.5. The van der Waals surface area contributed by atoms with Crippen LogP contribution in [0.1, 0.15) is 66.2 Å². The summed E-state index contributed by atoms with van der Waals surface area (Å²) in [6.07, 6.45) is 7.33. The van der Waals surface area contributed by atoms with Gasteiger partial charge in [0.2, 0.25) is 0 Å². The summed E-state index contributed by atoms with van der Waals surface area (Å²) in [6.45, 7) is 9.24. The summed E-state index contributed by atoms with van der Waals surface area (Å²) in [4.78, 5) is 0. The Kier molecular flexibility index (Phi) is 6.82. The van der Waals surface area contributed by atoms with E-state index in [9.17, 15) is 5.26 Å². The third kappa shape index (κ3) is 6.40. The van der Waals surface area contributed by atoms with Crippen molar-refractivity contribution in [1.29, 1.82) is 5.26 Å². The summed E-state index contributed by atoms with van der Waals surface area (Å²) in [7, 11) is 0. The molecule has 1 rings (SSSR count). The predicted molar refractivity (Wildman–Crippen MR) is 78.9 cm³/mol. The standard InChI is InChI=1S/C16H30N2O/c1-13(2)18-16(4,12-17)9-6-10-19-15-8-5-7-14(3)11-15/h13-15,18H,5-11H2,1-4H3. The van der Waals surface area contributed by atoms with Gasteiger partial charge in [0.05, 0.1) is 12.2 Å². The lowest BCUT2D eigenvalue weighted by Crippen LogP contribution is -2.45. The van der Waals surface area contributed by atoms with Crippen LogP contribution in [-0.4, -0.2) is 24.3 Å². The Morgan fingerprint density at radius 2 is 2.16 bits per heavy atom. The molecule has 0 aromatic carbocycles. The number of nitriles is 1. The minimum absolute atomic E-state index is 0.338. The van der Waals surface area contributed by atoms with Crippen LogP contribution in [0.15, 0.2) is 0 Å². The topological polar surface area (TPSA) is 45.0 Å². The molecule has 0 saturated heterocycles. The lowest BCUT2D eigenvalue weighted by Gasteiger charge is -2.28. The summed E-state index contributed by atoms with van der Waals surface area (Å²) in [5, 5.41) is 12.6. The maximum atomic E-state index is 9.26. The fraction of sp³-hybridized carbons (Fsp3) is 0.938. The van der Waals surface area contributed by atoms with Crippen molar-refractivity contribution in [2.45, 2.75) is 83.9 Å². The minimum atomic E-state index is -0.419. The molecule has 1 N–H and O–H groups in total. The van der Waals surface area contributed by atoms with E-state index in [0.717, 1.165) is 25.4 Å². The minimum Gasteiger partial charge on any atom is -0.378 e. The monoisotopic (exact) mass is 266 g/mol. The number of ether oxygens (including phenoxy) is 1. The zero-order chi connectivity index (χ0) is 14.3. The van der Waals surface area contributed by atoms with Gasteiger partial charge in [-0.15, -0.1) is 0 Å². The van der Waals surface area contributed by atoms with Crippen molar-refractivity contribution >= 4 is 0 Å². The van der Waals surface area contributed by atoms with Gasteiger partial charge in [-0.3, -0.25) is 5.32 Å². The Morgan fingerprint density at radius 1 is 1.42 bits per heavy atom. The third-order valence-electron chi connectivity index (χ3n) is 3.92. The highest BCUT2D eigenvalue weighted by Gasteiger charge is 2.24. The zero-order valence-corrected chi connectivity index (χ0v) is 13.0. The molecule has 3 unspecified atom stereocenters. The van der Waals surface area contributed by atoms with E-state index >= 15 is 0 Å². The molecule has 0 radical (unpaired) electrons. The van der Waals surface area contributed by atoms with Crippen molar-refractivity contribution < 1.29 is 4.74 Å². The Balaban J connectivity index is 2.20. The average molecular weight is 266 g/mol. The van der Waals surface area contributed by atoms with Gasteiger partial charge in [0.15, 0.2) is 0 Å². The maximum absolute atomic E-state index is 9.26. The van der Waals surface area contributed by atoms with E-state index in [1.165, 1.54) is 25.7 Å². The van der Waals surface area contributed by atoms with Crippen LogP contribution in [0.25, 0.3) is 0 Å². The van der Waals surface area contributed by atoms with Crippen molar-refractivity contribution in [1.82, 2.24) is 5.32 Å². The van der Waals surface area contributed by atoms with Crippen molar-refractivity contribution in [3.63, 3.8) is 0 Å². The molecule has 110 valence electrons. The maximum Gasteiger partial charge on any atom is 0.104 e. The zero-order valence-electron chi connectivity index (χ0n) is 13.0. The number of nitrogens with zero attached hydrogens (tertiary/aromatic N) is 1. The van der Waals surface area contributed by atoms with Gasteiger partial charge in [0, 0.05) is 12.6 Å². The first-order chi connectivity index (χ1) is 8.95. The molecule has 3 nitrogen and oxygen atoms in total. The fourth-order valence-electron chi connectivity index (χ4n) is 3.00. The molecular formula is C16H30N2O. The summed E-state index contributed by atoms with van der Waals surface area (Å²) < 4.78 is 5.96. The Labute approximate surface area is 118 Å². The van der Waals surface area contributed by atoms with Gasteiger partial charge in [0.1, 0.15) is 5.54 Å². The normalized spacial score (nSPS) is 26.9. The summed E-state index contributed by atoms with van der Waals surface area (Å²) in [5.41, 5.74) is -0.419. The molecule has 0 heterocycles. The molecule has 0 spiro atoms. The Hall–Kier alpha value is -0.590. The number of hydrogen-bond acceptors (Lipinski definition) is 3. The van der Waals surface area contributed by atoms with Gasteiger partial charge in [-0.2, -0.15) is 5.26 Å². The molecule has 0 aliphatic heterocycles. The summed E-state index contributed by atoms with van der Waals surface area (Å²) in [6, 6.07) is 2.73. The molecule has 19 heavy (non-hydrogen) atoms. The number of hydrogen-bond donors (Lipinski definition) is 1. The van der Waals surface area contributed by atoms with Crippen LogP contribution in [0.3, 0.4) is 0 Å². The fourth-order valence-corrected chi connectivity index (χ4v) is 3.00. The first-order valence-corrected chi connectivity index (χ1v) is 7.76. The molecule has 3 atom stereocenters. The summed E-state index contributed by atoms with van der Waals surface area (Å²) >= 11 is 0. The van der Waals surface area contributed by atoms with Gasteiger partial charge >= 0.3 is 0 Å². The Morgan fingerprint density at radius 3 is 2.74 bits per heavy atom. The van der Waals surface area contributed by atoms with Crippen LogP contribution in [0.5, 0.6) is 0 Å². The molecule has 0 aromatic heterocycles. The molecule has 1 saturated carbocycles. The molecule has 1 aliphatic carbocycles. The van der Waals surface area contributed by atoms with Gasteiger partial charge in [-0.25, -0.2) is 0 Å². The van der Waals surface area contributed by atoms with Crippen molar-refractivity contribution in [2.75, 3.05) is 6.61 Å². The molecule has 0 aromatic rings. The van der Waals surface area contributed by atoms with Crippen LogP contribution in [0.4, 0.5) is 0 Å². The predicted octanol–water partition coefficient (Wildman–Crippen LogP) is 3.64. The number of rotatable bonds is 7. The van der Waals surface area contributed by atoms with E-state index in [-0.39, 0.29) is 0 Å². The lowest BCUT2D eigenvalue weighted by atomic mass is 9.89. The van der Waals surface area contributed by atoms with E-state index in [1.807, 2.05) is 6.92 Å². The van der Waals surface area contributed by atoms with Crippen molar-refractivity contribution in [3.05, 3.63) is 0 Å². The van der Waals surface area contributed by atoms with Gasteiger partial charge in [-0.1, -0.05) is 19.8 Å². The molecule has 0 bridgehead atoms. The van der Waals surface area contributed by atoms with Crippen LogP contribution in [0, 0.1) is 17.2 Å². The highest BCUT2D eigenvalue weighted by Crippen LogP contribution is 2.26. The SMILES string of the molecule is CC1CCCC(OCCCC(C)(C#N)NC(C)C)C1. The number of nitrogens with one attached hydrogen (secondary N) is 1. The molecule has 1 aliphatic rings. The van der Waals surface area contributed by atoms with Crippen LogP contribution in [-0.2, 0) is 4.74 Å².